The van der Waals surface area contributed by atoms with Gasteiger partial charge < -0.3 is 24.4 Å². The highest BCUT2D eigenvalue weighted by atomic mass is 16.5. The second-order valence-electron chi connectivity index (χ2n) is 6.36. The van der Waals surface area contributed by atoms with Crippen LogP contribution in [0.4, 0.5) is 0 Å². The first kappa shape index (κ1) is 20.7. The highest BCUT2D eigenvalue weighted by molar-refractivity contribution is 5.80. The van der Waals surface area contributed by atoms with Gasteiger partial charge in [-0.05, 0) is 31.4 Å². The van der Waals surface area contributed by atoms with Crippen LogP contribution < -0.4 is 5.32 Å². The lowest BCUT2D eigenvalue weighted by molar-refractivity contribution is -0.00834. The fraction of sp³-hybridized carbons (Fsp3) is 0.650. The van der Waals surface area contributed by atoms with Gasteiger partial charge in [0.05, 0.1) is 26.4 Å². The predicted molar refractivity (Wildman–Crippen MR) is 105 cm³/mol. The van der Waals surface area contributed by atoms with E-state index in [1.165, 1.54) is 11.1 Å². The molecule has 0 amide bonds. The van der Waals surface area contributed by atoms with E-state index in [1.54, 1.807) is 7.11 Å². The van der Waals surface area contributed by atoms with E-state index in [0.717, 1.165) is 38.6 Å². The number of aryl methyl sites for hydroxylation is 1. The summed E-state index contributed by atoms with van der Waals surface area (Å²) in [5, 5.41) is 3.41. The predicted octanol–water partition coefficient (Wildman–Crippen LogP) is 2.39. The summed E-state index contributed by atoms with van der Waals surface area (Å²) in [6, 6.07) is 8.44. The molecule has 1 atom stereocenters. The molecule has 1 N–H and O–H groups in total. The van der Waals surface area contributed by atoms with Crippen LogP contribution in [0.25, 0.3) is 0 Å². The van der Waals surface area contributed by atoms with Crippen molar-refractivity contribution in [3.8, 4) is 0 Å². The van der Waals surface area contributed by atoms with Gasteiger partial charge in [0.1, 0.15) is 6.10 Å². The fourth-order valence-electron chi connectivity index (χ4n) is 3.00. The second kappa shape index (κ2) is 11.9. The van der Waals surface area contributed by atoms with Crippen molar-refractivity contribution in [2.24, 2.45) is 4.99 Å². The van der Waals surface area contributed by atoms with Gasteiger partial charge in [-0.25, -0.2) is 0 Å². The molecule has 1 saturated heterocycles. The third-order valence-corrected chi connectivity index (χ3v) is 4.38. The number of nitrogens with zero attached hydrogens (tertiary/aromatic N) is 2. The van der Waals surface area contributed by atoms with E-state index in [1.807, 2.05) is 0 Å². The Morgan fingerprint density at radius 3 is 2.92 bits per heavy atom. The Morgan fingerprint density at radius 1 is 1.31 bits per heavy atom. The Hall–Kier alpha value is -1.63. The van der Waals surface area contributed by atoms with Gasteiger partial charge in [0.2, 0.25) is 0 Å². The number of ether oxygens (including phenoxy) is 3. The molecule has 1 aliphatic rings. The molecular formula is C20H33N3O3. The molecule has 6 nitrogen and oxygen atoms in total. The highest BCUT2D eigenvalue weighted by Gasteiger charge is 2.24. The van der Waals surface area contributed by atoms with Crippen LogP contribution in [0.3, 0.4) is 0 Å². The monoisotopic (exact) mass is 363 g/mol. The van der Waals surface area contributed by atoms with Crippen molar-refractivity contribution >= 4 is 5.96 Å². The van der Waals surface area contributed by atoms with Gasteiger partial charge in [0, 0.05) is 33.4 Å². The number of aliphatic imine (C=N–C) groups is 1. The maximum Gasteiger partial charge on any atom is 0.194 e. The average molecular weight is 364 g/mol. The molecule has 0 aromatic heterocycles. The smallest absolute Gasteiger partial charge is 0.194 e. The van der Waals surface area contributed by atoms with E-state index < -0.39 is 0 Å². The van der Waals surface area contributed by atoms with E-state index in [9.17, 15) is 0 Å². The van der Waals surface area contributed by atoms with Crippen LogP contribution in [0.5, 0.6) is 0 Å². The molecule has 146 valence electrons. The largest absolute Gasteiger partial charge is 0.382 e. The summed E-state index contributed by atoms with van der Waals surface area (Å²) >= 11 is 0. The van der Waals surface area contributed by atoms with Gasteiger partial charge in [0.25, 0.3) is 0 Å². The zero-order chi connectivity index (χ0) is 18.6. The zero-order valence-electron chi connectivity index (χ0n) is 16.4. The van der Waals surface area contributed by atoms with Crippen LogP contribution in [-0.2, 0) is 14.2 Å². The topological polar surface area (TPSA) is 55.3 Å². The van der Waals surface area contributed by atoms with Crippen LogP contribution in [0.15, 0.2) is 29.3 Å². The van der Waals surface area contributed by atoms with Crippen molar-refractivity contribution in [2.75, 3.05) is 59.7 Å². The SMILES string of the molecule is CCNC(=NCCCOCCOC)N1CCOC(c2ccccc2C)C1. The second-order valence-corrected chi connectivity index (χ2v) is 6.36. The van der Waals surface area contributed by atoms with Gasteiger partial charge in [-0.2, -0.15) is 0 Å². The quantitative estimate of drug-likeness (QED) is 0.415. The van der Waals surface area contributed by atoms with Crippen molar-refractivity contribution in [1.82, 2.24) is 10.2 Å². The minimum absolute atomic E-state index is 0.0891. The van der Waals surface area contributed by atoms with E-state index in [-0.39, 0.29) is 6.10 Å². The van der Waals surface area contributed by atoms with E-state index in [4.69, 9.17) is 19.2 Å². The van der Waals surface area contributed by atoms with Crippen LogP contribution in [0.1, 0.15) is 30.6 Å². The molecule has 26 heavy (non-hydrogen) atoms. The molecule has 0 aliphatic carbocycles. The van der Waals surface area contributed by atoms with Crippen molar-refractivity contribution in [2.45, 2.75) is 26.4 Å². The summed E-state index contributed by atoms with van der Waals surface area (Å²) < 4.78 is 16.5. The summed E-state index contributed by atoms with van der Waals surface area (Å²) in [6.07, 6.45) is 0.996. The number of hydrogen-bond acceptors (Lipinski definition) is 4. The maximum absolute atomic E-state index is 6.03. The highest BCUT2D eigenvalue weighted by Crippen LogP contribution is 2.24. The Labute approximate surface area is 157 Å². The summed E-state index contributed by atoms with van der Waals surface area (Å²) in [6.45, 7) is 10.2. The number of morpholine rings is 1. The van der Waals surface area contributed by atoms with Gasteiger partial charge >= 0.3 is 0 Å². The van der Waals surface area contributed by atoms with Crippen molar-refractivity contribution in [1.29, 1.82) is 0 Å². The fourth-order valence-corrected chi connectivity index (χ4v) is 3.00. The molecule has 1 aromatic rings. The third kappa shape index (κ3) is 6.59. The van der Waals surface area contributed by atoms with Gasteiger partial charge in [0.15, 0.2) is 5.96 Å². The van der Waals surface area contributed by atoms with Crippen LogP contribution >= 0.6 is 0 Å². The summed E-state index contributed by atoms with van der Waals surface area (Å²) in [5.41, 5.74) is 2.54. The number of guanidine groups is 1. The van der Waals surface area contributed by atoms with Gasteiger partial charge in [-0.15, -0.1) is 0 Å². The molecule has 1 heterocycles. The molecule has 1 aliphatic heterocycles. The number of benzene rings is 1. The molecule has 0 radical (unpaired) electrons. The first-order chi connectivity index (χ1) is 12.8. The lowest BCUT2D eigenvalue weighted by Gasteiger charge is -2.35. The van der Waals surface area contributed by atoms with Crippen LogP contribution in [0, 0.1) is 6.92 Å². The summed E-state index contributed by atoms with van der Waals surface area (Å²) in [5.74, 6) is 0.964. The van der Waals surface area contributed by atoms with Crippen molar-refractivity contribution < 1.29 is 14.2 Å². The number of hydrogen-bond donors (Lipinski definition) is 1. The molecule has 1 aromatic carbocycles. The molecular weight excluding hydrogens is 330 g/mol. The normalized spacial score (nSPS) is 18.2. The van der Waals surface area contributed by atoms with Crippen molar-refractivity contribution in [3.05, 3.63) is 35.4 Å². The van der Waals surface area contributed by atoms with E-state index >= 15 is 0 Å². The van der Waals surface area contributed by atoms with E-state index in [2.05, 4.69) is 48.3 Å². The minimum Gasteiger partial charge on any atom is -0.382 e. The lowest BCUT2D eigenvalue weighted by atomic mass is 10.0. The first-order valence-electron chi connectivity index (χ1n) is 9.53. The molecule has 0 spiro atoms. The van der Waals surface area contributed by atoms with Gasteiger partial charge in [-0.3, -0.25) is 4.99 Å². The number of nitrogens with one attached hydrogen (secondary N) is 1. The first-order valence-corrected chi connectivity index (χ1v) is 9.53. The minimum atomic E-state index is 0.0891. The van der Waals surface area contributed by atoms with Crippen molar-refractivity contribution in [3.63, 3.8) is 0 Å². The lowest BCUT2D eigenvalue weighted by Crippen LogP contribution is -2.48. The summed E-state index contributed by atoms with van der Waals surface area (Å²) in [7, 11) is 1.68. The molecule has 1 unspecified atom stereocenters. The third-order valence-electron chi connectivity index (χ3n) is 4.38. The van der Waals surface area contributed by atoms with Crippen LogP contribution in [-0.4, -0.2) is 70.6 Å². The molecule has 0 saturated carbocycles. The molecule has 0 bridgehead atoms. The standard InChI is InChI=1S/C20H33N3O3/c1-4-21-20(22-10-7-12-25-15-14-24-3)23-11-13-26-19(16-23)18-9-6-5-8-17(18)2/h5-6,8-9,19H,4,7,10-16H2,1-3H3,(H,21,22). The Kier molecular flexibility index (Phi) is 9.45. The number of rotatable bonds is 9. The van der Waals surface area contributed by atoms with E-state index in [0.29, 0.717) is 26.4 Å². The Balaban J connectivity index is 1.89. The Morgan fingerprint density at radius 2 is 2.15 bits per heavy atom. The van der Waals surface area contributed by atoms with Gasteiger partial charge in [-0.1, -0.05) is 24.3 Å². The summed E-state index contributed by atoms with van der Waals surface area (Å²) in [4.78, 5) is 7.07. The maximum atomic E-state index is 6.03. The average Bonchev–Trinajstić information content (AvgIpc) is 2.67. The van der Waals surface area contributed by atoms with Crippen LogP contribution in [0.2, 0.25) is 0 Å². The molecule has 2 rings (SSSR count). The molecule has 6 heteroatoms. The number of methoxy groups -OCH3 is 1. The Bertz CT molecular complexity index is 551. The molecule has 1 fully saturated rings. The zero-order valence-corrected chi connectivity index (χ0v) is 16.4.